The first-order valence-corrected chi connectivity index (χ1v) is 8.38. The zero-order valence-electron chi connectivity index (χ0n) is 16.8. The van der Waals surface area contributed by atoms with Gasteiger partial charge in [0, 0.05) is 6.42 Å². The van der Waals surface area contributed by atoms with Crippen LogP contribution in [0.2, 0.25) is 0 Å². The number of nitrogens with two attached hydrogens (primary N) is 1. The standard InChI is InChI=1S/C18H24N2O9/c1-18(2,3)29-15(22)20-11(14(19)21)8-10-6-7-12(27-16(23)25-4)13(9-10)28-17(24)26-5/h6-7,9,11H,8H2,1-5H3,(H2,19,21)(H,20,22)/t11-/m0/s1. The summed E-state index contributed by atoms with van der Waals surface area (Å²) in [6.45, 7) is 5.01. The molecule has 0 aliphatic heterocycles. The first-order chi connectivity index (χ1) is 13.4. The molecule has 0 fully saturated rings. The minimum atomic E-state index is -1.11. The Balaban J connectivity index is 3.06. The zero-order chi connectivity index (χ0) is 22.2. The maximum Gasteiger partial charge on any atom is 0.513 e. The molecule has 2 amide bonds. The number of primary amides is 1. The largest absolute Gasteiger partial charge is 0.513 e. The minimum Gasteiger partial charge on any atom is -0.444 e. The molecule has 0 saturated carbocycles. The number of carbonyl (C=O) groups is 4. The highest BCUT2D eigenvalue weighted by molar-refractivity contribution is 5.84. The molecule has 0 aromatic heterocycles. The van der Waals surface area contributed by atoms with E-state index in [0.717, 1.165) is 14.2 Å². The lowest BCUT2D eigenvalue weighted by molar-refractivity contribution is -0.120. The fourth-order valence-electron chi connectivity index (χ4n) is 2.01. The van der Waals surface area contributed by atoms with Crippen LogP contribution >= 0.6 is 0 Å². The summed E-state index contributed by atoms with van der Waals surface area (Å²) < 4.78 is 23.8. The first-order valence-electron chi connectivity index (χ1n) is 8.38. The summed E-state index contributed by atoms with van der Waals surface area (Å²) in [6.07, 6.45) is -2.97. The van der Waals surface area contributed by atoms with Crippen molar-refractivity contribution in [1.29, 1.82) is 0 Å². The number of rotatable bonds is 6. The molecule has 1 rings (SSSR count). The molecule has 11 nitrogen and oxygen atoms in total. The van der Waals surface area contributed by atoms with Gasteiger partial charge >= 0.3 is 18.4 Å². The van der Waals surface area contributed by atoms with E-state index in [0.29, 0.717) is 5.56 Å². The number of hydrogen-bond acceptors (Lipinski definition) is 9. The van der Waals surface area contributed by atoms with Gasteiger partial charge in [0.25, 0.3) is 0 Å². The Morgan fingerprint density at radius 2 is 1.55 bits per heavy atom. The van der Waals surface area contributed by atoms with E-state index in [-0.39, 0.29) is 17.9 Å². The molecule has 0 bridgehead atoms. The van der Waals surface area contributed by atoms with Crippen LogP contribution in [0, 0.1) is 0 Å². The molecule has 1 aromatic rings. The average molecular weight is 412 g/mol. The van der Waals surface area contributed by atoms with Gasteiger partial charge in [0.2, 0.25) is 5.91 Å². The van der Waals surface area contributed by atoms with Crippen LogP contribution in [0.4, 0.5) is 14.4 Å². The van der Waals surface area contributed by atoms with E-state index >= 15 is 0 Å². The van der Waals surface area contributed by atoms with Gasteiger partial charge in [-0.05, 0) is 38.5 Å². The lowest BCUT2D eigenvalue weighted by atomic mass is 10.0. The number of alkyl carbamates (subject to hydrolysis) is 1. The Morgan fingerprint density at radius 3 is 2.03 bits per heavy atom. The molecular formula is C18H24N2O9. The van der Waals surface area contributed by atoms with E-state index in [1.807, 2.05) is 0 Å². The number of hydrogen-bond donors (Lipinski definition) is 2. The summed E-state index contributed by atoms with van der Waals surface area (Å²) in [5.41, 5.74) is 5.02. The third-order valence-electron chi connectivity index (χ3n) is 3.20. The SMILES string of the molecule is COC(=O)Oc1ccc(C[C@H](NC(=O)OC(C)(C)C)C(N)=O)cc1OC(=O)OC. The Bertz CT molecular complexity index is 771. The van der Waals surface area contributed by atoms with Gasteiger partial charge in [-0.1, -0.05) is 6.07 Å². The predicted molar refractivity (Wildman–Crippen MR) is 98.6 cm³/mol. The van der Waals surface area contributed by atoms with Gasteiger partial charge in [0.05, 0.1) is 14.2 Å². The van der Waals surface area contributed by atoms with Gasteiger partial charge in [0.15, 0.2) is 11.5 Å². The summed E-state index contributed by atoms with van der Waals surface area (Å²) in [6, 6.07) is 3.01. The molecule has 0 unspecified atom stereocenters. The molecule has 1 atom stereocenters. The van der Waals surface area contributed by atoms with Gasteiger partial charge in [-0.15, -0.1) is 0 Å². The summed E-state index contributed by atoms with van der Waals surface area (Å²) in [5.74, 6) is -1.09. The number of nitrogens with one attached hydrogen (secondary N) is 1. The molecular weight excluding hydrogens is 388 g/mol. The van der Waals surface area contributed by atoms with E-state index in [2.05, 4.69) is 14.8 Å². The Hall–Kier alpha value is -3.50. The lowest BCUT2D eigenvalue weighted by Gasteiger charge is -2.22. The fraction of sp³-hybridized carbons (Fsp3) is 0.444. The van der Waals surface area contributed by atoms with Crippen LogP contribution in [0.25, 0.3) is 0 Å². The van der Waals surface area contributed by atoms with E-state index in [1.54, 1.807) is 20.8 Å². The topological polar surface area (TPSA) is 152 Å². The second kappa shape index (κ2) is 10.2. The average Bonchev–Trinajstić information content (AvgIpc) is 2.61. The monoisotopic (exact) mass is 412 g/mol. The van der Waals surface area contributed by atoms with Crippen molar-refractivity contribution in [3.05, 3.63) is 23.8 Å². The normalized spacial score (nSPS) is 11.6. The van der Waals surface area contributed by atoms with Crippen molar-refractivity contribution >= 4 is 24.3 Å². The number of ether oxygens (including phenoxy) is 5. The quantitative estimate of drug-likeness (QED) is 0.405. The Morgan fingerprint density at radius 1 is 1.00 bits per heavy atom. The molecule has 0 spiro atoms. The summed E-state index contributed by atoms with van der Waals surface area (Å²) in [4.78, 5) is 46.4. The van der Waals surface area contributed by atoms with E-state index in [9.17, 15) is 19.2 Å². The van der Waals surface area contributed by atoms with Crippen LogP contribution in [0.5, 0.6) is 11.5 Å². The zero-order valence-corrected chi connectivity index (χ0v) is 16.8. The number of carbonyl (C=O) groups excluding carboxylic acids is 4. The predicted octanol–water partition coefficient (Wildman–Crippen LogP) is 1.90. The summed E-state index contributed by atoms with van der Waals surface area (Å²) in [5, 5.41) is 2.38. The first kappa shape index (κ1) is 23.5. The van der Waals surface area contributed by atoms with Gasteiger partial charge in [0.1, 0.15) is 11.6 Å². The third-order valence-corrected chi connectivity index (χ3v) is 3.20. The van der Waals surface area contributed by atoms with Crippen molar-refractivity contribution < 1.29 is 42.9 Å². The maximum atomic E-state index is 11.9. The minimum absolute atomic E-state index is 0.0510. The van der Waals surface area contributed by atoms with Crippen molar-refractivity contribution in [3.8, 4) is 11.5 Å². The highest BCUT2D eigenvalue weighted by atomic mass is 16.7. The second-order valence-corrected chi connectivity index (χ2v) is 6.70. The van der Waals surface area contributed by atoms with Crippen LogP contribution in [-0.4, -0.2) is 50.2 Å². The van der Waals surface area contributed by atoms with Crippen molar-refractivity contribution in [2.45, 2.75) is 38.8 Å². The van der Waals surface area contributed by atoms with Gasteiger partial charge in [-0.3, -0.25) is 4.79 Å². The maximum absolute atomic E-state index is 11.9. The van der Waals surface area contributed by atoms with Crippen molar-refractivity contribution in [2.24, 2.45) is 5.73 Å². The van der Waals surface area contributed by atoms with Crippen LogP contribution in [0.15, 0.2) is 18.2 Å². The van der Waals surface area contributed by atoms with Crippen LogP contribution in [0.3, 0.4) is 0 Å². The van der Waals surface area contributed by atoms with Crippen LogP contribution < -0.4 is 20.5 Å². The smallest absolute Gasteiger partial charge is 0.444 e. The van der Waals surface area contributed by atoms with E-state index in [1.165, 1.54) is 18.2 Å². The lowest BCUT2D eigenvalue weighted by Crippen LogP contribution is -2.47. The van der Waals surface area contributed by atoms with Crippen LogP contribution in [0.1, 0.15) is 26.3 Å². The number of methoxy groups -OCH3 is 2. The number of benzene rings is 1. The Kier molecular flexibility index (Phi) is 8.24. The molecule has 0 aliphatic carbocycles. The second-order valence-electron chi connectivity index (χ2n) is 6.70. The highest BCUT2D eigenvalue weighted by Gasteiger charge is 2.24. The molecule has 0 heterocycles. The molecule has 1 aromatic carbocycles. The molecule has 11 heteroatoms. The summed E-state index contributed by atoms with van der Waals surface area (Å²) >= 11 is 0. The number of amides is 2. The molecule has 0 aliphatic rings. The molecule has 29 heavy (non-hydrogen) atoms. The van der Waals surface area contributed by atoms with Gasteiger partial charge < -0.3 is 34.7 Å². The van der Waals surface area contributed by atoms with E-state index < -0.39 is 36.0 Å². The molecule has 160 valence electrons. The third kappa shape index (κ3) is 8.37. The van der Waals surface area contributed by atoms with Crippen molar-refractivity contribution in [2.75, 3.05) is 14.2 Å². The molecule has 3 N–H and O–H groups in total. The highest BCUT2D eigenvalue weighted by Crippen LogP contribution is 2.30. The van der Waals surface area contributed by atoms with Gasteiger partial charge in [-0.2, -0.15) is 0 Å². The molecule has 0 radical (unpaired) electrons. The van der Waals surface area contributed by atoms with Gasteiger partial charge in [-0.25, -0.2) is 14.4 Å². The summed E-state index contributed by atoms with van der Waals surface area (Å²) in [7, 11) is 2.21. The van der Waals surface area contributed by atoms with Crippen molar-refractivity contribution in [3.63, 3.8) is 0 Å². The van der Waals surface area contributed by atoms with Crippen molar-refractivity contribution in [1.82, 2.24) is 5.32 Å². The Labute approximate surface area is 167 Å². The fourth-order valence-corrected chi connectivity index (χ4v) is 2.01. The molecule has 0 saturated heterocycles. The van der Waals surface area contributed by atoms with Crippen LogP contribution in [-0.2, 0) is 25.4 Å². The van der Waals surface area contributed by atoms with E-state index in [4.69, 9.17) is 19.9 Å².